The zero-order valence-electron chi connectivity index (χ0n) is 16.3. The summed E-state index contributed by atoms with van der Waals surface area (Å²) in [7, 11) is 0. The van der Waals surface area contributed by atoms with E-state index in [2.05, 4.69) is 37.1 Å². The third kappa shape index (κ3) is 4.98. The molecule has 1 amide bonds. The maximum absolute atomic E-state index is 12.3. The molecule has 0 radical (unpaired) electrons. The van der Waals surface area contributed by atoms with Crippen molar-refractivity contribution < 1.29 is 14.3 Å². The number of carbonyl (C=O) groups excluding carboxylic acids is 1. The molecule has 3 rings (SSSR count). The van der Waals surface area contributed by atoms with Gasteiger partial charge in [-0.1, -0.05) is 39.0 Å². The summed E-state index contributed by atoms with van der Waals surface area (Å²) >= 11 is 0. The van der Waals surface area contributed by atoms with Gasteiger partial charge >= 0.3 is 0 Å². The minimum atomic E-state index is -0.0311. The summed E-state index contributed by atoms with van der Waals surface area (Å²) in [5, 5.41) is 3.14. The fourth-order valence-electron chi connectivity index (χ4n) is 3.84. The van der Waals surface area contributed by atoms with E-state index in [1.807, 2.05) is 18.2 Å². The number of nitrogens with one attached hydrogen (secondary N) is 1. The first-order valence-electron chi connectivity index (χ1n) is 9.77. The van der Waals surface area contributed by atoms with Gasteiger partial charge < -0.3 is 14.8 Å². The highest BCUT2D eigenvalue weighted by molar-refractivity contribution is 5.77. The van der Waals surface area contributed by atoms with Gasteiger partial charge in [0.25, 0.3) is 5.91 Å². The highest BCUT2D eigenvalue weighted by atomic mass is 16.5. The summed E-state index contributed by atoms with van der Waals surface area (Å²) in [4.78, 5) is 14.8. The van der Waals surface area contributed by atoms with E-state index in [1.165, 1.54) is 0 Å². The zero-order chi connectivity index (χ0) is 18.6. The van der Waals surface area contributed by atoms with Crippen LogP contribution < -0.4 is 10.1 Å². The molecule has 26 heavy (non-hydrogen) atoms. The first kappa shape index (κ1) is 19.2. The fourth-order valence-corrected chi connectivity index (χ4v) is 3.84. The molecule has 2 saturated heterocycles. The Balaban J connectivity index is 1.44. The second-order valence-corrected chi connectivity index (χ2v) is 8.43. The molecule has 2 heterocycles. The van der Waals surface area contributed by atoms with Crippen molar-refractivity contribution in [3.8, 4) is 5.75 Å². The van der Waals surface area contributed by atoms with Gasteiger partial charge in [0, 0.05) is 31.8 Å². The molecule has 0 saturated carbocycles. The van der Waals surface area contributed by atoms with Crippen molar-refractivity contribution in [1.29, 1.82) is 0 Å². The maximum atomic E-state index is 12.3. The Morgan fingerprint density at radius 3 is 2.62 bits per heavy atom. The lowest BCUT2D eigenvalue weighted by Gasteiger charge is -2.35. The van der Waals surface area contributed by atoms with Crippen LogP contribution in [0.25, 0.3) is 0 Å². The van der Waals surface area contributed by atoms with Crippen LogP contribution in [0.2, 0.25) is 0 Å². The van der Waals surface area contributed by atoms with Gasteiger partial charge in [-0.2, -0.15) is 0 Å². The Labute approximate surface area is 157 Å². The fraction of sp³-hybridized carbons (Fsp3) is 0.667. The quantitative estimate of drug-likeness (QED) is 0.877. The van der Waals surface area contributed by atoms with E-state index in [4.69, 9.17) is 9.47 Å². The molecule has 5 heteroatoms. The van der Waals surface area contributed by atoms with Crippen molar-refractivity contribution >= 4 is 5.91 Å². The second kappa shape index (κ2) is 8.40. The summed E-state index contributed by atoms with van der Waals surface area (Å²) in [5.74, 6) is 0.766. The number of carbonyl (C=O) groups is 1. The Kier molecular flexibility index (Phi) is 6.20. The SMILES string of the molecule is CC(C)(C)c1ccccc1OCC(=O)NC1CCN(C2CCOC2)CC1. The van der Waals surface area contributed by atoms with Crippen LogP contribution in [0, 0.1) is 0 Å². The van der Waals surface area contributed by atoms with Gasteiger partial charge in [-0.25, -0.2) is 0 Å². The molecule has 0 bridgehead atoms. The molecule has 1 N–H and O–H groups in total. The number of hydrogen-bond donors (Lipinski definition) is 1. The molecule has 1 atom stereocenters. The van der Waals surface area contributed by atoms with Crippen LogP contribution in [0.1, 0.15) is 45.6 Å². The number of ether oxygens (including phenoxy) is 2. The van der Waals surface area contributed by atoms with Crippen LogP contribution >= 0.6 is 0 Å². The molecule has 1 aromatic carbocycles. The summed E-state index contributed by atoms with van der Waals surface area (Å²) in [6.45, 7) is 10.3. The molecule has 5 nitrogen and oxygen atoms in total. The van der Waals surface area contributed by atoms with Gasteiger partial charge in [0.15, 0.2) is 6.61 Å². The molecule has 0 spiro atoms. The highest BCUT2D eigenvalue weighted by Gasteiger charge is 2.28. The number of likely N-dealkylation sites (tertiary alicyclic amines) is 1. The monoisotopic (exact) mass is 360 g/mol. The van der Waals surface area contributed by atoms with Gasteiger partial charge in [0.05, 0.1) is 6.61 Å². The van der Waals surface area contributed by atoms with Crippen LogP contribution in [-0.2, 0) is 14.9 Å². The van der Waals surface area contributed by atoms with Crippen LogP contribution in [0.4, 0.5) is 0 Å². The molecule has 0 aliphatic carbocycles. The third-order valence-electron chi connectivity index (χ3n) is 5.37. The number of piperidine rings is 1. The van der Waals surface area contributed by atoms with Gasteiger partial charge in [-0.05, 0) is 36.3 Å². The van der Waals surface area contributed by atoms with Crippen molar-refractivity contribution in [3.63, 3.8) is 0 Å². The average Bonchev–Trinajstić information content (AvgIpc) is 3.15. The summed E-state index contributed by atoms with van der Waals surface area (Å²) in [6, 6.07) is 8.79. The van der Waals surface area contributed by atoms with Crippen LogP contribution in [0.3, 0.4) is 0 Å². The number of para-hydroxylation sites is 1. The topological polar surface area (TPSA) is 50.8 Å². The molecule has 2 aliphatic heterocycles. The molecule has 1 aromatic rings. The van der Waals surface area contributed by atoms with E-state index < -0.39 is 0 Å². The van der Waals surface area contributed by atoms with Crippen molar-refractivity contribution in [1.82, 2.24) is 10.2 Å². The average molecular weight is 360 g/mol. The summed E-state index contributed by atoms with van der Waals surface area (Å²) in [5.41, 5.74) is 1.11. The van der Waals surface area contributed by atoms with Crippen LogP contribution in [-0.4, -0.2) is 55.8 Å². The molecule has 2 fully saturated rings. The lowest BCUT2D eigenvalue weighted by atomic mass is 9.86. The second-order valence-electron chi connectivity index (χ2n) is 8.43. The lowest BCUT2D eigenvalue weighted by Crippen LogP contribution is -2.49. The summed E-state index contributed by atoms with van der Waals surface area (Å²) < 4.78 is 11.3. The molecular formula is C21H32N2O3. The number of rotatable bonds is 5. The van der Waals surface area contributed by atoms with E-state index >= 15 is 0 Å². The Hall–Kier alpha value is -1.59. The predicted octanol–water partition coefficient (Wildman–Crippen LogP) is 2.73. The smallest absolute Gasteiger partial charge is 0.258 e. The van der Waals surface area contributed by atoms with Gasteiger partial charge in [-0.15, -0.1) is 0 Å². The molecule has 144 valence electrons. The largest absolute Gasteiger partial charge is 0.483 e. The lowest BCUT2D eigenvalue weighted by molar-refractivity contribution is -0.124. The minimum absolute atomic E-state index is 0.0101. The van der Waals surface area contributed by atoms with Crippen LogP contribution in [0.5, 0.6) is 5.75 Å². The van der Waals surface area contributed by atoms with E-state index in [0.717, 1.165) is 56.9 Å². The van der Waals surface area contributed by atoms with Crippen molar-refractivity contribution in [2.75, 3.05) is 32.9 Å². The Bertz CT molecular complexity index is 598. The summed E-state index contributed by atoms with van der Waals surface area (Å²) in [6.07, 6.45) is 3.14. The van der Waals surface area contributed by atoms with Crippen molar-refractivity contribution in [2.45, 2.75) is 57.5 Å². The Morgan fingerprint density at radius 1 is 1.23 bits per heavy atom. The van der Waals surface area contributed by atoms with E-state index in [0.29, 0.717) is 6.04 Å². The standard InChI is InChI=1S/C21H32N2O3/c1-21(2,3)18-6-4-5-7-19(18)26-15-20(24)22-16-8-11-23(12-9-16)17-10-13-25-14-17/h4-7,16-17H,8-15H2,1-3H3,(H,22,24). The normalized spacial score (nSPS) is 22.3. The van der Waals surface area contributed by atoms with E-state index in [1.54, 1.807) is 0 Å². The molecular weight excluding hydrogens is 328 g/mol. The predicted molar refractivity (Wildman–Crippen MR) is 103 cm³/mol. The van der Waals surface area contributed by atoms with Gasteiger partial charge in [0.1, 0.15) is 5.75 Å². The molecule has 1 unspecified atom stereocenters. The highest BCUT2D eigenvalue weighted by Crippen LogP contribution is 2.30. The third-order valence-corrected chi connectivity index (χ3v) is 5.37. The molecule has 0 aromatic heterocycles. The first-order chi connectivity index (χ1) is 12.4. The number of amides is 1. The van der Waals surface area contributed by atoms with E-state index in [9.17, 15) is 4.79 Å². The number of nitrogens with zero attached hydrogens (tertiary/aromatic N) is 1. The van der Waals surface area contributed by atoms with Crippen molar-refractivity contribution in [3.05, 3.63) is 29.8 Å². The zero-order valence-corrected chi connectivity index (χ0v) is 16.3. The maximum Gasteiger partial charge on any atom is 0.258 e. The number of hydrogen-bond acceptors (Lipinski definition) is 4. The Morgan fingerprint density at radius 2 is 1.96 bits per heavy atom. The molecule has 2 aliphatic rings. The van der Waals surface area contributed by atoms with E-state index in [-0.39, 0.29) is 24.0 Å². The number of benzene rings is 1. The van der Waals surface area contributed by atoms with Crippen molar-refractivity contribution in [2.24, 2.45) is 0 Å². The first-order valence-corrected chi connectivity index (χ1v) is 9.77. The van der Waals surface area contributed by atoms with Gasteiger partial charge in [0.2, 0.25) is 0 Å². The van der Waals surface area contributed by atoms with Gasteiger partial charge in [-0.3, -0.25) is 9.69 Å². The van der Waals surface area contributed by atoms with Crippen LogP contribution in [0.15, 0.2) is 24.3 Å². The minimum Gasteiger partial charge on any atom is -0.483 e.